The van der Waals surface area contributed by atoms with Gasteiger partial charge in [-0.3, -0.25) is 0 Å². The molecule has 0 amide bonds. The first-order valence-corrected chi connectivity index (χ1v) is 9.16. The van der Waals surface area contributed by atoms with Gasteiger partial charge in [0.05, 0.1) is 10.1 Å². The predicted octanol–water partition coefficient (Wildman–Crippen LogP) is 3.07. The second kappa shape index (κ2) is 8.11. The van der Waals surface area contributed by atoms with Crippen LogP contribution in [0.3, 0.4) is 0 Å². The maximum Gasteiger partial charge on any atom is 0.181 e. The molecule has 2 aromatic rings. The molecule has 0 fully saturated rings. The summed E-state index contributed by atoms with van der Waals surface area (Å²) in [6, 6.07) is 18.8. The third kappa shape index (κ3) is 4.42. The van der Waals surface area contributed by atoms with Crippen molar-refractivity contribution in [2.45, 2.75) is 29.4 Å². The van der Waals surface area contributed by atoms with Crippen LogP contribution in [0.5, 0.6) is 0 Å². The normalized spacial score (nSPS) is 13.0. The lowest BCUT2D eigenvalue weighted by molar-refractivity contribution is 0.554. The lowest BCUT2D eigenvalue weighted by atomic mass is 10.1. The highest BCUT2D eigenvalue weighted by molar-refractivity contribution is 7.92. The number of aryl methyl sites for hydroxylation is 1. The standard InChI is InChI=1S/C18H23NO2S/c1-19-15-14-18(13-12-16-8-4-2-5-9-16)22(20,21)17-10-6-3-7-11-17/h2-11,18-19H,12-15H2,1H3. The Kier molecular flexibility index (Phi) is 6.16. The molecule has 1 unspecified atom stereocenters. The summed E-state index contributed by atoms with van der Waals surface area (Å²) in [7, 11) is -1.43. The van der Waals surface area contributed by atoms with E-state index in [-0.39, 0.29) is 5.25 Å². The minimum atomic E-state index is -3.28. The summed E-state index contributed by atoms with van der Waals surface area (Å²) in [6.07, 6.45) is 2.05. The van der Waals surface area contributed by atoms with Gasteiger partial charge in [0.2, 0.25) is 0 Å². The molecule has 0 saturated heterocycles. The number of hydrogen-bond acceptors (Lipinski definition) is 3. The van der Waals surface area contributed by atoms with Crippen LogP contribution in [0.1, 0.15) is 18.4 Å². The Hall–Kier alpha value is -1.65. The smallest absolute Gasteiger partial charge is 0.181 e. The Labute approximate surface area is 133 Å². The van der Waals surface area contributed by atoms with Crippen LogP contribution in [0.15, 0.2) is 65.6 Å². The van der Waals surface area contributed by atoms with Crippen LogP contribution in [-0.2, 0) is 16.3 Å². The zero-order chi connectivity index (χ0) is 15.8. The molecule has 0 aliphatic heterocycles. The molecule has 2 rings (SSSR count). The van der Waals surface area contributed by atoms with Crippen molar-refractivity contribution in [3.05, 3.63) is 66.2 Å². The number of sulfone groups is 1. The third-order valence-corrected chi connectivity index (χ3v) is 6.10. The molecular weight excluding hydrogens is 294 g/mol. The minimum absolute atomic E-state index is 0.359. The number of hydrogen-bond donors (Lipinski definition) is 1. The molecular formula is C18H23NO2S. The fourth-order valence-electron chi connectivity index (χ4n) is 2.53. The van der Waals surface area contributed by atoms with Crippen molar-refractivity contribution in [2.75, 3.05) is 13.6 Å². The maximum absolute atomic E-state index is 12.8. The van der Waals surface area contributed by atoms with Gasteiger partial charge in [-0.2, -0.15) is 0 Å². The molecule has 118 valence electrons. The molecule has 0 aliphatic rings. The molecule has 22 heavy (non-hydrogen) atoms. The van der Waals surface area contributed by atoms with Crippen molar-refractivity contribution in [3.8, 4) is 0 Å². The van der Waals surface area contributed by atoms with Crippen molar-refractivity contribution in [1.29, 1.82) is 0 Å². The van der Waals surface area contributed by atoms with Crippen molar-refractivity contribution in [3.63, 3.8) is 0 Å². The van der Waals surface area contributed by atoms with E-state index in [2.05, 4.69) is 5.32 Å². The summed E-state index contributed by atoms with van der Waals surface area (Å²) in [6.45, 7) is 0.700. The van der Waals surface area contributed by atoms with Crippen LogP contribution >= 0.6 is 0 Å². The third-order valence-electron chi connectivity index (χ3n) is 3.82. The highest BCUT2D eigenvalue weighted by Crippen LogP contribution is 2.22. The monoisotopic (exact) mass is 317 g/mol. The van der Waals surface area contributed by atoms with Gasteiger partial charge in [-0.1, -0.05) is 48.5 Å². The average Bonchev–Trinajstić information content (AvgIpc) is 2.56. The zero-order valence-corrected chi connectivity index (χ0v) is 13.7. The summed E-state index contributed by atoms with van der Waals surface area (Å²) in [5.41, 5.74) is 1.18. The Bertz CT molecular complexity index is 654. The molecule has 0 saturated carbocycles. The van der Waals surface area contributed by atoms with Gasteiger partial charge < -0.3 is 5.32 Å². The zero-order valence-electron chi connectivity index (χ0n) is 12.9. The van der Waals surface area contributed by atoms with Crippen LogP contribution in [0.2, 0.25) is 0 Å². The fraction of sp³-hybridized carbons (Fsp3) is 0.333. The second-order valence-corrected chi connectivity index (χ2v) is 7.62. The average molecular weight is 317 g/mol. The van der Waals surface area contributed by atoms with Gasteiger partial charge in [0.25, 0.3) is 0 Å². The van der Waals surface area contributed by atoms with Gasteiger partial charge in [0.15, 0.2) is 9.84 Å². The van der Waals surface area contributed by atoms with E-state index in [1.54, 1.807) is 24.3 Å². The lowest BCUT2D eigenvalue weighted by Crippen LogP contribution is -2.26. The first kappa shape index (κ1) is 16.7. The van der Waals surface area contributed by atoms with Crippen LogP contribution in [0.4, 0.5) is 0 Å². The SMILES string of the molecule is CNCCC(CCc1ccccc1)S(=O)(=O)c1ccccc1. The molecule has 0 aromatic heterocycles. The van der Waals surface area contributed by atoms with Gasteiger partial charge in [-0.05, 0) is 50.6 Å². The Morgan fingerprint density at radius 1 is 0.909 bits per heavy atom. The van der Waals surface area contributed by atoms with Crippen molar-refractivity contribution >= 4 is 9.84 Å². The highest BCUT2D eigenvalue weighted by atomic mass is 32.2. The molecule has 3 nitrogen and oxygen atoms in total. The number of benzene rings is 2. The van der Waals surface area contributed by atoms with E-state index >= 15 is 0 Å². The highest BCUT2D eigenvalue weighted by Gasteiger charge is 2.26. The van der Waals surface area contributed by atoms with Crippen molar-refractivity contribution in [2.24, 2.45) is 0 Å². The van der Waals surface area contributed by atoms with Gasteiger partial charge in [-0.25, -0.2) is 8.42 Å². The first-order valence-electron chi connectivity index (χ1n) is 7.62. The summed E-state index contributed by atoms with van der Waals surface area (Å²) >= 11 is 0. The van der Waals surface area contributed by atoms with E-state index in [1.807, 2.05) is 43.4 Å². The Morgan fingerprint density at radius 3 is 2.09 bits per heavy atom. The number of rotatable bonds is 8. The van der Waals surface area contributed by atoms with Crippen molar-refractivity contribution in [1.82, 2.24) is 5.32 Å². The second-order valence-electron chi connectivity index (χ2n) is 5.40. The van der Waals surface area contributed by atoms with Crippen LogP contribution in [0.25, 0.3) is 0 Å². The molecule has 0 radical (unpaired) electrons. The molecule has 0 spiro atoms. The molecule has 1 N–H and O–H groups in total. The Balaban J connectivity index is 2.15. The maximum atomic E-state index is 12.8. The van der Waals surface area contributed by atoms with Crippen molar-refractivity contribution < 1.29 is 8.42 Å². The molecule has 0 aliphatic carbocycles. The van der Waals surface area contributed by atoms with Gasteiger partial charge >= 0.3 is 0 Å². The molecule has 2 aromatic carbocycles. The molecule has 0 bridgehead atoms. The quantitative estimate of drug-likeness (QED) is 0.814. The van der Waals surface area contributed by atoms with E-state index in [0.29, 0.717) is 24.3 Å². The van der Waals surface area contributed by atoms with E-state index in [9.17, 15) is 8.42 Å². The molecule has 4 heteroatoms. The van der Waals surface area contributed by atoms with Crippen LogP contribution < -0.4 is 5.32 Å². The van der Waals surface area contributed by atoms with Gasteiger partial charge in [-0.15, -0.1) is 0 Å². The summed E-state index contributed by atoms with van der Waals surface area (Å²) in [4.78, 5) is 0.421. The predicted molar refractivity (Wildman–Crippen MR) is 90.7 cm³/mol. The van der Waals surface area contributed by atoms with Crippen LogP contribution in [0, 0.1) is 0 Å². The van der Waals surface area contributed by atoms with E-state index in [4.69, 9.17) is 0 Å². The van der Waals surface area contributed by atoms with Crippen LogP contribution in [-0.4, -0.2) is 27.3 Å². The first-order chi connectivity index (χ1) is 10.6. The minimum Gasteiger partial charge on any atom is -0.320 e. The lowest BCUT2D eigenvalue weighted by Gasteiger charge is -2.18. The fourth-order valence-corrected chi connectivity index (χ4v) is 4.31. The largest absolute Gasteiger partial charge is 0.320 e. The Morgan fingerprint density at radius 2 is 1.50 bits per heavy atom. The van der Waals surface area contributed by atoms with Gasteiger partial charge in [0, 0.05) is 0 Å². The molecule has 0 heterocycles. The van der Waals surface area contributed by atoms with E-state index in [0.717, 1.165) is 6.42 Å². The van der Waals surface area contributed by atoms with E-state index < -0.39 is 9.84 Å². The summed E-state index contributed by atoms with van der Waals surface area (Å²) in [5, 5.41) is 2.70. The summed E-state index contributed by atoms with van der Waals surface area (Å²) < 4.78 is 25.7. The summed E-state index contributed by atoms with van der Waals surface area (Å²) in [5.74, 6) is 0. The molecule has 1 atom stereocenters. The van der Waals surface area contributed by atoms with E-state index in [1.165, 1.54) is 5.56 Å². The topological polar surface area (TPSA) is 46.2 Å². The van der Waals surface area contributed by atoms with Gasteiger partial charge in [0.1, 0.15) is 0 Å². The number of nitrogens with one attached hydrogen (secondary N) is 1.